The summed E-state index contributed by atoms with van der Waals surface area (Å²) in [5.74, 6) is 0. The quantitative estimate of drug-likeness (QED) is 0.918. The number of halogens is 1. The summed E-state index contributed by atoms with van der Waals surface area (Å²) in [6, 6.07) is 0.406. The van der Waals surface area contributed by atoms with Crippen LogP contribution in [0.2, 0.25) is 0 Å². The second-order valence-corrected chi connectivity index (χ2v) is 5.58. The van der Waals surface area contributed by atoms with E-state index in [0.717, 1.165) is 16.6 Å². The van der Waals surface area contributed by atoms with Crippen LogP contribution in [0.15, 0.2) is 17.0 Å². The summed E-state index contributed by atoms with van der Waals surface area (Å²) in [7, 11) is 1.99. The van der Waals surface area contributed by atoms with Crippen LogP contribution in [-0.4, -0.2) is 23.1 Å². The molecule has 4 heteroatoms. The van der Waals surface area contributed by atoms with Crippen molar-refractivity contribution in [3.05, 3.63) is 22.7 Å². The minimum atomic E-state index is 0.221. The van der Waals surface area contributed by atoms with Crippen molar-refractivity contribution in [3.8, 4) is 0 Å². The molecule has 0 spiro atoms. The molecule has 0 aliphatic heterocycles. The largest absolute Gasteiger partial charge is 0.316 e. The molecule has 1 rings (SSSR count). The predicted molar refractivity (Wildman–Crippen MR) is 65.7 cm³/mol. The van der Waals surface area contributed by atoms with Crippen LogP contribution in [-0.2, 0) is 6.42 Å². The third kappa shape index (κ3) is 3.54. The number of rotatable bonds is 3. The average molecular weight is 272 g/mol. The molecular weight excluding hydrogens is 254 g/mol. The molecule has 1 N–H and O–H groups in total. The van der Waals surface area contributed by atoms with Gasteiger partial charge in [-0.1, -0.05) is 20.8 Å². The lowest BCUT2D eigenvalue weighted by atomic mass is 9.84. The molecule has 1 heterocycles. The predicted octanol–water partition coefficient (Wildman–Crippen LogP) is 2.42. The Hall–Kier alpha value is -0.480. The molecule has 0 aromatic carbocycles. The second kappa shape index (κ2) is 5.03. The van der Waals surface area contributed by atoms with Gasteiger partial charge in [-0.05, 0) is 28.4 Å². The van der Waals surface area contributed by atoms with E-state index < -0.39 is 0 Å². The average Bonchev–Trinajstić information content (AvgIpc) is 2.14. The summed E-state index contributed by atoms with van der Waals surface area (Å²) in [4.78, 5) is 8.24. The first-order chi connectivity index (χ1) is 6.95. The molecule has 0 radical (unpaired) electrons. The maximum atomic E-state index is 4.28. The summed E-state index contributed by atoms with van der Waals surface area (Å²) < 4.78 is 0.981. The first-order valence-electron chi connectivity index (χ1n) is 5.07. The van der Waals surface area contributed by atoms with E-state index in [2.05, 4.69) is 52.0 Å². The highest BCUT2D eigenvalue weighted by Crippen LogP contribution is 2.24. The summed E-state index contributed by atoms with van der Waals surface area (Å²) in [5, 5.41) is 3.34. The van der Waals surface area contributed by atoms with Gasteiger partial charge in [0.25, 0.3) is 0 Å². The van der Waals surface area contributed by atoms with Crippen LogP contribution in [0, 0.1) is 5.41 Å². The van der Waals surface area contributed by atoms with E-state index in [1.807, 2.05) is 7.05 Å². The van der Waals surface area contributed by atoms with Crippen LogP contribution in [0.1, 0.15) is 26.5 Å². The first kappa shape index (κ1) is 12.6. The van der Waals surface area contributed by atoms with Crippen LogP contribution in [0.4, 0.5) is 0 Å². The van der Waals surface area contributed by atoms with E-state index in [9.17, 15) is 0 Å². The van der Waals surface area contributed by atoms with Gasteiger partial charge in [-0.2, -0.15) is 0 Å². The molecule has 1 unspecified atom stereocenters. The Kier molecular flexibility index (Phi) is 4.22. The Morgan fingerprint density at radius 2 is 2.13 bits per heavy atom. The van der Waals surface area contributed by atoms with Crippen molar-refractivity contribution in [2.75, 3.05) is 7.05 Å². The Labute approximate surface area is 99.8 Å². The molecule has 1 aromatic heterocycles. The highest BCUT2D eigenvalue weighted by molar-refractivity contribution is 9.10. The Bertz CT molecular complexity index is 320. The Balaban J connectivity index is 2.80. The van der Waals surface area contributed by atoms with E-state index in [1.54, 1.807) is 12.5 Å². The van der Waals surface area contributed by atoms with Gasteiger partial charge in [0.15, 0.2) is 0 Å². The van der Waals surface area contributed by atoms with Gasteiger partial charge in [0.05, 0.1) is 10.2 Å². The molecule has 1 aromatic rings. The van der Waals surface area contributed by atoms with Crippen molar-refractivity contribution < 1.29 is 0 Å². The molecule has 0 bridgehead atoms. The lowest BCUT2D eigenvalue weighted by Gasteiger charge is -2.30. The lowest BCUT2D eigenvalue weighted by Crippen LogP contribution is -2.40. The first-order valence-corrected chi connectivity index (χ1v) is 5.86. The highest BCUT2D eigenvalue weighted by Gasteiger charge is 2.24. The third-order valence-corrected chi connectivity index (χ3v) is 3.20. The molecule has 1 atom stereocenters. The monoisotopic (exact) mass is 271 g/mol. The zero-order valence-electron chi connectivity index (χ0n) is 9.71. The number of aromatic nitrogens is 2. The summed E-state index contributed by atoms with van der Waals surface area (Å²) in [5.41, 5.74) is 1.28. The van der Waals surface area contributed by atoms with Gasteiger partial charge in [-0.3, -0.25) is 0 Å². The van der Waals surface area contributed by atoms with Gasteiger partial charge in [0.2, 0.25) is 0 Å². The zero-order chi connectivity index (χ0) is 11.5. The van der Waals surface area contributed by atoms with Crippen molar-refractivity contribution in [1.82, 2.24) is 15.3 Å². The molecule has 0 saturated carbocycles. The lowest BCUT2D eigenvalue weighted by molar-refractivity contribution is 0.278. The molecule has 0 amide bonds. The van der Waals surface area contributed by atoms with Crippen LogP contribution in [0.25, 0.3) is 0 Å². The van der Waals surface area contributed by atoms with Gasteiger partial charge < -0.3 is 5.32 Å². The Morgan fingerprint density at radius 3 is 2.60 bits per heavy atom. The van der Waals surface area contributed by atoms with Crippen molar-refractivity contribution in [2.24, 2.45) is 5.41 Å². The standard InChI is InChI=1S/C11H18BrN3/c1-11(2,3)10(13-4)5-9-8(12)6-14-7-15-9/h6-7,10,13H,5H2,1-4H3. The fourth-order valence-corrected chi connectivity index (χ4v) is 1.91. The second-order valence-electron chi connectivity index (χ2n) is 4.73. The molecule has 84 valence electrons. The van der Waals surface area contributed by atoms with E-state index in [-0.39, 0.29) is 5.41 Å². The molecular formula is C11H18BrN3. The molecule has 0 aliphatic carbocycles. The maximum absolute atomic E-state index is 4.28. The van der Waals surface area contributed by atoms with Gasteiger partial charge in [-0.25, -0.2) is 9.97 Å². The molecule has 3 nitrogen and oxygen atoms in total. The molecule has 15 heavy (non-hydrogen) atoms. The molecule has 0 fully saturated rings. The van der Waals surface area contributed by atoms with Crippen LogP contribution >= 0.6 is 15.9 Å². The van der Waals surface area contributed by atoms with Gasteiger partial charge in [0, 0.05) is 18.7 Å². The normalized spacial score (nSPS) is 13.9. The number of nitrogens with one attached hydrogen (secondary N) is 1. The zero-order valence-corrected chi connectivity index (χ0v) is 11.3. The van der Waals surface area contributed by atoms with E-state index in [0.29, 0.717) is 6.04 Å². The van der Waals surface area contributed by atoms with Gasteiger partial charge in [0.1, 0.15) is 6.33 Å². The van der Waals surface area contributed by atoms with Gasteiger partial charge >= 0.3 is 0 Å². The van der Waals surface area contributed by atoms with Crippen LogP contribution in [0.3, 0.4) is 0 Å². The van der Waals surface area contributed by atoms with Crippen molar-refractivity contribution >= 4 is 15.9 Å². The highest BCUT2D eigenvalue weighted by atomic mass is 79.9. The summed E-state index contributed by atoms with van der Waals surface area (Å²) in [6.45, 7) is 6.68. The Morgan fingerprint density at radius 1 is 1.47 bits per heavy atom. The van der Waals surface area contributed by atoms with Crippen molar-refractivity contribution in [1.29, 1.82) is 0 Å². The smallest absolute Gasteiger partial charge is 0.115 e. The minimum Gasteiger partial charge on any atom is -0.316 e. The van der Waals surface area contributed by atoms with Crippen LogP contribution < -0.4 is 5.32 Å². The number of nitrogens with zero attached hydrogens (tertiary/aromatic N) is 2. The fourth-order valence-electron chi connectivity index (χ4n) is 1.52. The van der Waals surface area contributed by atoms with E-state index in [1.165, 1.54) is 0 Å². The van der Waals surface area contributed by atoms with Crippen molar-refractivity contribution in [3.63, 3.8) is 0 Å². The fraction of sp³-hybridized carbons (Fsp3) is 0.636. The SMILES string of the molecule is CNC(Cc1ncncc1Br)C(C)(C)C. The maximum Gasteiger partial charge on any atom is 0.115 e. The van der Waals surface area contributed by atoms with Crippen molar-refractivity contribution in [2.45, 2.75) is 33.2 Å². The topological polar surface area (TPSA) is 37.8 Å². The molecule has 0 aliphatic rings. The number of hydrogen-bond acceptors (Lipinski definition) is 3. The van der Waals surface area contributed by atoms with Gasteiger partial charge in [-0.15, -0.1) is 0 Å². The van der Waals surface area contributed by atoms with E-state index >= 15 is 0 Å². The molecule has 0 saturated heterocycles. The number of likely N-dealkylation sites (N-methyl/N-ethyl adjacent to an activating group) is 1. The summed E-state index contributed by atoms with van der Waals surface area (Å²) >= 11 is 3.47. The van der Waals surface area contributed by atoms with Crippen LogP contribution in [0.5, 0.6) is 0 Å². The number of hydrogen-bond donors (Lipinski definition) is 1. The third-order valence-electron chi connectivity index (χ3n) is 2.54. The summed E-state index contributed by atoms with van der Waals surface area (Å²) in [6.07, 6.45) is 4.29. The minimum absolute atomic E-state index is 0.221. The van der Waals surface area contributed by atoms with E-state index in [4.69, 9.17) is 0 Å².